The molecule has 0 radical (unpaired) electrons. The number of hydrogen-bond acceptors (Lipinski definition) is 5. The van der Waals surface area contributed by atoms with Crippen LogP contribution in [0.5, 0.6) is 11.5 Å². The van der Waals surface area contributed by atoms with Crippen LogP contribution in [0.15, 0.2) is 12.1 Å². The fraction of sp³-hybridized carbons (Fsp3) is 0.500. The summed E-state index contributed by atoms with van der Waals surface area (Å²) in [4.78, 5) is 0. The van der Waals surface area contributed by atoms with Crippen LogP contribution in [-0.4, -0.2) is 33.0 Å². The van der Waals surface area contributed by atoms with Crippen molar-refractivity contribution in [2.75, 3.05) is 27.9 Å². The van der Waals surface area contributed by atoms with Crippen molar-refractivity contribution in [3.8, 4) is 11.5 Å². The summed E-state index contributed by atoms with van der Waals surface area (Å²) in [6.45, 7) is 0.479. The van der Waals surface area contributed by atoms with Gasteiger partial charge >= 0.3 is 0 Å². The highest BCUT2D eigenvalue weighted by Crippen LogP contribution is 2.35. The molecule has 0 aliphatic carbocycles. The second-order valence-corrected chi connectivity index (χ2v) is 3.55. The van der Waals surface area contributed by atoms with Gasteiger partial charge in [0.25, 0.3) is 0 Å². The maximum Gasteiger partial charge on any atom is 0.133 e. The van der Waals surface area contributed by atoms with E-state index < -0.39 is 6.10 Å². The minimum absolute atomic E-state index is 0.134. The van der Waals surface area contributed by atoms with Crippen molar-refractivity contribution >= 4 is 0 Å². The van der Waals surface area contributed by atoms with Crippen LogP contribution in [0, 0.1) is 0 Å². The van der Waals surface area contributed by atoms with Gasteiger partial charge in [0.05, 0.1) is 32.5 Å². The Hall–Kier alpha value is -1.30. The van der Waals surface area contributed by atoms with E-state index in [0.717, 1.165) is 5.56 Å². The predicted molar refractivity (Wildman–Crippen MR) is 64.3 cm³/mol. The fourth-order valence-electron chi connectivity index (χ4n) is 1.73. The number of benzene rings is 1. The summed E-state index contributed by atoms with van der Waals surface area (Å²) in [7, 11) is 4.71. The van der Waals surface area contributed by atoms with Crippen LogP contribution in [0.3, 0.4) is 0 Å². The number of methoxy groups -OCH3 is 3. The molecule has 0 spiro atoms. The Morgan fingerprint density at radius 1 is 1.24 bits per heavy atom. The molecule has 0 amide bonds. The highest BCUT2D eigenvalue weighted by atomic mass is 16.5. The Labute approximate surface area is 101 Å². The van der Waals surface area contributed by atoms with Crippen molar-refractivity contribution in [1.29, 1.82) is 0 Å². The molecular weight excluding hydrogens is 222 g/mol. The number of aliphatic hydroxyl groups excluding tert-OH is 1. The topological polar surface area (TPSA) is 73.9 Å². The quantitative estimate of drug-likeness (QED) is 0.772. The molecule has 0 aliphatic heterocycles. The number of aliphatic hydroxyl groups is 1. The number of hydrogen-bond donors (Lipinski definition) is 2. The predicted octanol–water partition coefficient (Wildman–Crippen LogP) is 0.842. The molecule has 1 aromatic rings. The Bertz CT molecular complexity index is 368. The molecule has 1 rings (SSSR count). The van der Waals surface area contributed by atoms with E-state index in [9.17, 15) is 5.11 Å². The Balaban J connectivity index is 3.29. The lowest BCUT2D eigenvalue weighted by molar-refractivity contribution is 0.170. The highest BCUT2D eigenvalue weighted by molar-refractivity contribution is 5.50. The Morgan fingerprint density at radius 3 is 2.41 bits per heavy atom. The van der Waals surface area contributed by atoms with Crippen molar-refractivity contribution in [2.24, 2.45) is 5.73 Å². The zero-order valence-corrected chi connectivity index (χ0v) is 10.4. The molecule has 0 aromatic heterocycles. The van der Waals surface area contributed by atoms with Gasteiger partial charge in [0.2, 0.25) is 0 Å². The maximum absolute atomic E-state index is 9.81. The molecule has 0 heterocycles. The molecular formula is C12H19NO4. The molecule has 0 saturated carbocycles. The molecule has 0 saturated heterocycles. The summed E-state index contributed by atoms with van der Waals surface area (Å²) in [5.41, 5.74) is 6.86. The van der Waals surface area contributed by atoms with Gasteiger partial charge in [-0.1, -0.05) is 0 Å². The summed E-state index contributed by atoms with van der Waals surface area (Å²) < 4.78 is 15.7. The first-order chi connectivity index (χ1) is 8.19. The molecule has 1 unspecified atom stereocenters. The summed E-state index contributed by atoms with van der Waals surface area (Å²) in [6.07, 6.45) is -0.758. The smallest absolute Gasteiger partial charge is 0.133 e. The lowest BCUT2D eigenvalue weighted by Crippen LogP contribution is -2.13. The van der Waals surface area contributed by atoms with E-state index in [1.54, 1.807) is 33.5 Å². The van der Waals surface area contributed by atoms with E-state index in [1.807, 2.05) is 0 Å². The van der Waals surface area contributed by atoms with Crippen molar-refractivity contribution in [3.63, 3.8) is 0 Å². The van der Waals surface area contributed by atoms with Crippen LogP contribution in [0.1, 0.15) is 17.2 Å². The van der Waals surface area contributed by atoms with Crippen LogP contribution in [-0.2, 0) is 11.3 Å². The van der Waals surface area contributed by atoms with E-state index in [4.69, 9.17) is 19.9 Å². The third kappa shape index (κ3) is 2.88. The van der Waals surface area contributed by atoms with Gasteiger partial charge in [-0.05, 0) is 12.1 Å². The molecule has 17 heavy (non-hydrogen) atoms. The van der Waals surface area contributed by atoms with Crippen LogP contribution in [0.4, 0.5) is 0 Å². The maximum atomic E-state index is 9.81. The molecule has 1 aromatic carbocycles. The molecule has 5 heteroatoms. The Morgan fingerprint density at radius 2 is 1.94 bits per heavy atom. The van der Waals surface area contributed by atoms with Crippen molar-refractivity contribution in [2.45, 2.75) is 12.7 Å². The monoisotopic (exact) mass is 241 g/mol. The molecule has 0 fully saturated rings. The van der Waals surface area contributed by atoms with Gasteiger partial charge < -0.3 is 25.1 Å². The number of ether oxygens (including phenoxy) is 3. The minimum atomic E-state index is -0.758. The first-order valence-corrected chi connectivity index (χ1v) is 5.30. The van der Waals surface area contributed by atoms with Gasteiger partial charge in [-0.15, -0.1) is 0 Å². The molecule has 0 aliphatic rings. The normalized spacial score (nSPS) is 12.3. The van der Waals surface area contributed by atoms with E-state index >= 15 is 0 Å². The van der Waals surface area contributed by atoms with Crippen molar-refractivity contribution < 1.29 is 19.3 Å². The SMILES string of the molecule is COCc1c(OC)ccc(C(O)CN)c1OC. The summed E-state index contributed by atoms with van der Waals surface area (Å²) in [5.74, 6) is 1.22. The van der Waals surface area contributed by atoms with E-state index in [1.165, 1.54) is 0 Å². The van der Waals surface area contributed by atoms with Crippen LogP contribution < -0.4 is 15.2 Å². The van der Waals surface area contributed by atoms with Gasteiger partial charge in [-0.25, -0.2) is 0 Å². The van der Waals surface area contributed by atoms with Crippen LogP contribution in [0.2, 0.25) is 0 Å². The summed E-state index contributed by atoms with van der Waals surface area (Å²) >= 11 is 0. The second-order valence-electron chi connectivity index (χ2n) is 3.55. The standard InChI is InChI=1S/C12H19NO4/c1-15-7-9-11(16-2)5-4-8(10(14)6-13)12(9)17-3/h4-5,10,14H,6-7,13H2,1-3H3. The van der Waals surface area contributed by atoms with Crippen molar-refractivity contribution in [1.82, 2.24) is 0 Å². The first kappa shape index (κ1) is 13.8. The molecule has 5 nitrogen and oxygen atoms in total. The third-order valence-corrected chi connectivity index (χ3v) is 2.54. The van der Waals surface area contributed by atoms with Crippen LogP contribution in [0.25, 0.3) is 0 Å². The highest BCUT2D eigenvalue weighted by Gasteiger charge is 2.18. The minimum Gasteiger partial charge on any atom is -0.496 e. The summed E-state index contributed by atoms with van der Waals surface area (Å²) in [6, 6.07) is 3.51. The van der Waals surface area contributed by atoms with Gasteiger partial charge in [0, 0.05) is 19.2 Å². The van der Waals surface area contributed by atoms with Gasteiger partial charge in [0.1, 0.15) is 11.5 Å². The molecule has 0 bridgehead atoms. The number of nitrogens with two attached hydrogens (primary N) is 1. The van der Waals surface area contributed by atoms with Crippen molar-refractivity contribution in [3.05, 3.63) is 23.3 Å². The largest absolute Gasteiger partial charge is 0.496 e. The first-order valence-electron chi connectivity index (χ1n) is 5.30. The van der Waals surface area contributed by atoms with Crippen LogP contribution >= 0.6 is 0 Å². The van der Waals surface area contributed by atoms with E-state index in [2.05, 4.69) is 0 Å². The lowest BCUT2D eigenvalue weighted by atomic mass is 10.0. The lowest BCUT2D eigenvalue weighted by Gasteiger charge is -2.18. The summed E-state index contributed by atoms with van der Waals surface area (Å²) in [5, 5.41) is 9.81. The zero-order valence-electron chi connectivity index (χ0n) is 10.4. The molecule has 96 valence electrons. The van der Waals surface area contributed by atoms with E-state index in [-0.39, 0.29) is 6.54 Å². The Kier molecular flexibility index (Phi) is 5.21. The number of rotatable bonds is 6. The fourth-order valence-corrected chi connectivity index (χ4v) is 1.73. The third-order valence-electron chi connectivity index (χ3n) is 2.54. The average Bonchev–Trinajstić information content (AvgIpc) is 2.37. The van der Waals surface area contributed by atoms with E-state index in [0.29, 0.717) is 23.7 Å². The second kappa shape index (κ2) is 6.44. The zero-order chi connectivity index (χ0) is 12.8. The van der Waals surface area contributed by atoms with Gasteiger partial charge in [-0.3, -0.25) is 0 Å². The van der Waals surface area contributed by atoms with Gasteiger partial charge in [-0.2, -0.15) is 0 Å². The molecule has 1 atom stereocenters. The van der Waals surface area contributed by atoms with Gasteiger partial charge in [0.15, 0.2) is 0 Å². The average molecular weight is 241 g/mol. The molecule has 3 N–H and O–H groups in total.